The molecule has 1 aromatic heterocycles. The lowest BCUT2D eigenvalue weighted by molar-refractivity contribution is -0.126. The number of fused-ring (bicyclic) bond motifs is 1. The third kappa shape index (κ3) is 6.10. The zero-order chi connectivity index (χ0) is 28.3. The smallest absolute Gasteiger partial charge is 0.318 e. The van der Waals surface area contributed by atoms with Crippen LogP contribution in [0.15, 0.2) is 47.7 Å². The summed E-state index contributed by atoms with van der Waals surface area (Å²) in [5.74, 6) is 1.87. The number of piperazine rings is 1. The number of anilines is 1. The van der Waals surface area contributed by atoms with Gasteiger partial charge in [0.1, 0.15) is 12.4 Å². The van der Waals surface area contributed by atoms with Crippen molar-refractivity contribution >= 4 is 17.5 Å². The van der Waals surface area contributed by atoms with Gasteiger partial charge in [-0.2, -0.15) is 9.97 Å². The lowest BCUT2D eigenvalue weighted by atomic mass is 9.86. The van der Waals surface area contributed by atoms with E-state index in [0.29, 0.717) is 51.8 Å². The topological polar surface area (TPSA) is 82.1 Å². The molecule has 0 saturated carbocycles. The third-order valence-corrected chi connectivity index (χ3v) is 9.18. The van der Waals surface area contributed by atoms with Crippen LogP contribution in [0.25, 0.3) is 0 Å². The maximum absolute atomic E-state index is 12.6. The predicted molar refractivity (Wildman–Crippen MR) is 159 cm³/mol. The highest BCUT2D eigenvalue weighted by atomic mass is 16.5. The normalized spacial score (nSPS) is 21.9. The fourth-order valence-corrected chi connectivity index (χ4v) is 6.67. The van der Waals surface area contributed by atoms with E-state index in [-0.39, 0.29) is 11.7 Å². The van der Waals surface area contributed by atoms with Crippen molar-refractivity contribution in [1.82, 2.24) is 24.7 Å². The molecule has 5 aliphatic rings. The van der Waals surface area contributed by atoms with Gasteiger partial charge in [-0.3, -0.25) is 14.5 Å². The van der Waals surface area contributed by atoms with Crippen LogP contribution in [0.2, 0.25) is 0 Å². The Morgan fingerprint density at radius 3 is 2.66 bits per heavy atom. The number of ether oxygens (including phenoxy) is 1. The molecule has 1 amide bonds. The highest BCUT2D eigenvalue weighted by molar-refractivity contribution is 5.95. The number of amides is 1. The summed E-state index contributed by atoms with van der Waals surface area (Å²) in [4.78, 5) is 43.6. The lowest BCUT2D eigenvalue weighted by Gasteiger charge is -2.39. The summed E-state index contributed by atoms with van der Waals surface area (Å²) in [5.41, 5.74) is 5.66. The first-order chi connectivity index (χ1) is 20.0. The van der Waals surface area contributed by atoms with Crippen molar-refractivity contribution < 1.29 is 14.3 Å². The Bertz CT molecular complexity index is 1280. The molecule has 2 aliphatic carbocycles. The van der Waals surface area contributed by atoms with Gasteiger partial charge in [0, 0.05) is 63.0 Å². The van der Waals surface area contributed by atoms with E-state index < -0.39 is 0 Å². The van der Waals surface area contributed by atoms with Gasteiger partial charge in [0.25, 0.3) is 0 Å². The van der Waals surface area contributed by atoms with Crippen LogP contribution < -0.4 is 9.64 Å². The molecule has 2 fully saturated rings. The standard InChI is InChI=1S/C32H42N6O3/c1-3-30(40)36-14-16-37(17-15-36)31-27-10-13-38(29-21-25(39)20-24-6-4-5-7-26(24)29)22-28(27)33-32(34-31)41-19-18-35-11-8-23(2)9-12-35/h3-4,6,21,23H,1,5,7-20,22H2,2H3. The van der Waals surface area contributed by atoms with Gasteiger partial charge in [0.15, 0.2) is 5.78 Å². The minimum absolute atomic E-state index is 0.0253. The van der Waals surface area contributed by atoms with Crippen LogP contribution in [0, 0.1) is 5.92 Å². The first-order valence-electron chi connectivity index (χ1n) is 15.3. The van der Waals surface area contributed by atoms with Crippen LogP contribution in [-0.2, 0) is 22.6 Å². The molecule has 6 rings (SSSR count). The van der Waals surface area contributed by atoms with Gasteiger partial charge < -0.3 is 19.4 Å². The average molecular weight is 559 g/mol. The minimum Gasteiger partial charge on any atom is -0.462 e. The lowest BCUT2D eigenvalue weighted by Crippen LogP contribution is -2.49. The summed E-state index contributed by atoms with van der Waals surface area (Å²) in [6.07, 6.45) is 13.3. The van der Waals surface area contributed by atoms with Crippen LogP contribution in [0.5, 0.6) is 6.01 Å². The third-order valence-electron chi connectivity index (χ3n) is 9.18. The molecule has 3 aliphatic heterocycles. The Kier molecular flexibility index (Phi) is 8.23. The van der Waals surface area contributed by atoms with E-state index in [4.69, 9.17) is 14.7 Å². The predicted octanol–water partition coefficient (Wildman–Crippen LogP) is 3.28. The quantitative estimate of drug-likeness (QED) is 0.472. The van der Waals surface area contributed by atoms with Gasteiger partial charge in [-0.25, -0.2) is 0 Å². The van der Waals surface area contributed by atoms with Crippen molar-refractivity contribution in [1.29, 1.82) is 0 Å². The maximum Gasteiger partial charge on any atom is 0.318 e. The number of allylic oxidation sites excluding steroid dienone is 5. The van der Waals surface area contributed by atoms with Crippen LogP contribution >= 0.6 is 0 Å². The van der Waals surface area contributed by atoms with E-state index in [2.05, 4.69) is 40.4 Å². The Labute approximate surface area is 243 Å². The highest BCUT2D eigenvalue weighted by Gasteiger charge is 2.31. The summed E-state index contributed by atoms with van der Waals surface area (Å²) in [5, 5.41) is 0. The van der Waals surface area contributed by atoms with Gasteiger partial charge in [-0.15, -0.1) is 0 Å². The number of nitrogens with zero attached hydrogens (tertiary/aromatic N) is 6. The molecule has 218 valence electrons. The highest BCUT2D eigenvalue weighted by Crippen LogP contribution is 2.37. The zero-order valence-electron chi connectivity index (χ0n) is 24.3. The molecule has 41 heavy (non-hydrogen) atoms. The summed E-state index contributed by atoms with van der Waals surface area (Å²) in [6.45, 7) is 13.8. The molecule has 0 unspecified atom stereocenters. The number of carbonyl (C=O) groups excluding carboxylic acids is 2. The summed E-state index contributed by atoms with van der Waals surface area (Å²) in [7, 11) is 0. The van der Waals surface area contributed by atoms with Crippen molar-refractivity contribution in [3.8, 4) is 6.01 Å². The number of piperidine rings is 1. The van der Waals surface area contributed by atoms with Gasteiger partial charge in [0.05, 0.1) is 12.2 Å². The van der Waals surface area contributed by atoms with E-state index in [1.54, 1.807) is 0 Å². The van der Waals surface area contributed by atoms with Gasteiger partial charge in [-0.05, 0) is 68.3 Å². The molecular formula is C32H42N6O3. The number of aromatic nitrogens is 2. The second-order valence-corrected chi connectivity index (χ2v) is 11.9. The molecular weight excluding hydrogens is 516 g/mol. The number of rotatable bonds is 7. The molecule has 1 aromatic rings. The molecule has 4 heterocycles. The number of hydrogen-bond acceptors (Lipinski definition) is 8. The van der Waals surface area contributed by atoms with Crippen LogP contribution in [0.3, 0.4) is 0 Å². The average Bonchev–Trinajstić information content (AvgIpc) is 3.00. The molecule has 0 spiro atoms. The molecule has 9 heteroatoms. The van der Waals surface area contributed by atoms with E-state index in [1.807, 2.05) is 11.0 Å². The minimum atomic E-state index is -0.0253. The Balaban J connectivity index is 1.23. The molecule has 9 nitrogen and oxygen atoms in total. The molecule has 0 N–H and O–H groups in total. The van der Waals surface area contributed by atoms with Gasteiger partial charge in [0.2, 0.25) is 5.91 Å². The summed E-state index contributed by atoms with van der Waals surface area (Å²) < 4.78 is 6.22. The number of carbonyl (C=O) groups is 2. The second-order valence-electron chi connectivity index (χ2n) is 11.9. The summed E-state index contributed by atoms with van der Waals surface area (Å²) >= 11 is 0. The molecule has 0 aromatic carbocycles. The Hall–Kier alpha value is -3.46. The fourth-order valence-electron chi connectivity index (χ4n) is 6.67. The first-order valence-corrected chi connectivity index (χ1v) is 15.3. The van der Waals surface area contributed by atoms with Crippen molar-refractivity contribution in [2.75, 3.05) is 63.9 Å². The van der Waals surface area contributed by atoms with E-state index in [0.717, 1.165) is 79.7 Å². The monoisotopic (exact) mass is 558 g/mol. The summed E-state index contributed by atoms with van der Waals surface area (Å²) in [6, 6.07) is 0.421. The van der Waals surface area contributed by atoms with Crippen LogP contribution in [0.1, 0.15) is 50.3 Å². The Morgan fingerprint density at radius 2 is 1.88 bits per heavy atom. The van der Waals surface area contributed by atoms with E-state index in [1.165, 1.54) is 24.5 Å². The van der Waals surface area contributed by atoms with Crippen LogP contribution in [-0.4, -0.2) is 95.3 Å². The van der Waals surface area contributed by atoms with Crippen LogP contribution in [0.4, 0.5) is 5.82 Å². The van der Waals surface area contributed by atoms with Crippen molar-refractivity contribution in [2.24, 2.45) is 5.92 Å². The molecule has 0 bridgehead atoms. The largest absolute Gasteiger partial charge is 0.462 e. The van der Waals surface area contributed by atoms with E-state index >= 15 is 0 Å². The number of likely N-dealkylation sites (tertiary alicyclic amines) is 1. The Morgan fingerprint density at radius 1 is 1.07 bits per heavy atom. The van der Waals surface area contributed by atoms with Gasteiger partial charge in [-0.1, -0.05) is 25.7 Å². The van der Waals surface area contributed by atoms with Crippen molar-refractivity contribution in [2.45, 2.75) is 52.0 Å². The second kappa shape index (κ2) is 12.2. The first kappa shape index (κ1) is 27.7. The van der Waals surface area contributed by atoms with E-state index in [9.17, 15) is 9.59 Å². The zero-order valence-corrected chi connectivity index (χ0v) is 24.3. The molecule has 0 atom stereocenters. The number of ketones is 1. The van der Waals surface area contributed by atoms with Crippen molar-refractivity contribution in [3.05, 3.63) is 59.0 Å². The fraction of sp³-hybridized carbons (Fsp3) is 0.562. The maximum atomic E-state index is 12.6. The van der Waals surface area contributed by atoms with Gasteiger partial charge >= 0.3 is 6.01 Å². The van der Waals surface area contributed by atoms with Crippen molar-refractivity contribution in [3.63, 3.8) is 0 Å². The molecule has 2 saturated heterocycles. The number of hydrogen-bond donors (Lipinski definition) is 0. The SMILES string of the molecule is C=CC(=O)N1CCN(c2nc(OCCN3CCC(C)CC3)nc3c2CCN(C2=CC(=O)CC4=C2CCC=C4)C3)CC1. The molecule has 0 radical (unpaired) electrons.